The number of fused-ring (bicyclic) bond motifs is 1. The molecule has 0 radical (unpaired) electrons. The highest BCUT2D eigenvalue weighted by Crippen LogP contribution is 2.20. The summed E-state index contributed by atoms with van der Waals surface area (Å²) < 4.78 is 2.06. The molecular formula is C21H25N5S. The van der Waals surface area contributed by atoms with Gasteiger partial charge in [-0.25, -0.2) is 9.98 Å². The topological polar surface area (TPSA) is 44.9 Å². The Kier molecular flexibility index (Phi) is 5.53. The van der Waals surface area contributed by atoms with Crippen LogP contribution >= 0.6 is 11.3 Å². The minimum atomic E-state index is 0.611. The van der Waals surface area contributed by atoms with Crippen molar-refractivity contribution in [2.75, 3.05) is 19.6 Å². The monoisotopic (exact) mass is 379 g/mol. The molecule has 3 heterocycles. The molecule has 6 heteroatoms. The summed E-state index contributed by atoms with van der Waals surface area (Å²) in [6.45, 7) is 5.61. The molecule has 1 saturated heterocycles. The third-order valence-electron chi connectivity index (χ3n) is 4.74. The van der Waals surface area contributed by atoms with E-state index in [0.29, 0.717) is 6.54 Å². The lowest BCUT2D eigenvalue weighted by Crippen LogP contribution is -2.44. The van der Waals surface area contributed by atoms with Crippen LogP contribution in [0.1, 0.15) is 31.0 Å². The molecule has 0 atom stereocenters. The Bertz CT molecular complexity index is 899. The van der Waals surface area contributed by atoms with Crippen LogP contribution in [0.15, 0.2) is 58.7 Å². The lowest BCUT2D eigenvalue weighted by molar-refractivity contribution is 0.375. The van der Waals surface area contributed by atoms with Gasteiger partial charge < -0.3 is 10.2 Å². The van der Waals surface area contributed by atoms with Crippen LogP contribution in [-0.2, 0) is 6.54 Å². The first-order chi connectivity index (χ1) is 13.3. The van der Waals surface area contributed by atoms with Crippen LogP contribution in [-0.4, -0.2) is 39.9 Å². The van der Waals surface area contributed by atoms with Crippen LogP contribution in [0, 0.1) is 0 Å². The maximum absolute atomic E-state index is 4.83. The highest BCUT2D eigenvalue weighted by molar-refractivity contribution is 7.15. The summed E-state index contributed by atoms with van der Waals surface area (Å²) in [5, 5.41) is 5.49. The number of piperidine rings is 1. The second-order valence-electron chi connectivity index (χ2n) is 6.70. The summed E-state index contributed by atoms with van der Waals surface area (Å²) >= 11 is 1.65. The minimum Gasteiger partial charge on any atom is -0.357 e. The zero-order valence-corrected chi connectivity index (χ0v) is 16.5. The number of rotatable bonds is 4. The second-order valence-corrected chi connectivity index (χ2v) is 7.57. The highest BCUT2D eigenvalue weighted by atomic mass is 32.1. The predicted octanol–water partition coefficient (Wildman–Crippen LogP) is 4.04. The number of guanidine groups is 1. The Balaban J connectivity index is 1.40. The van der Waals surface area contributed by atoms with Gasteiger partial charge in [0.1, 0.15) is 0 Å². The lowest BCUT2D eigenvalue weighted by Gasteiger charge is -2.31. The molecule has 1 N–H and O–H groups in total. The van der Waals surface area contributed by atoms with E-state index in [0.717, 1.165) is 49.1 Å². The summed E-state index contributed by atoms with van der Waals surface area (Å²) in [7, 11) is 0. The van der Waals surface area contributed by atoms with Crippen molar-refractivity contribution in [2.24, 2.45) is 4.99 Å². The van der Waals surface area contributed by atoms with Gasteiger partial charge in [0.25, 0.3) is 0 Å². The van der Waals surface area contributed by atoms with Crippen molar-refractivity contribution < 1.29 is 0 Å². The number of nitrogens with one attached hydrogen (secondary N) is 1. The van der Waals surface area contributed by atoms with Gasteiger partial charge in [-0.1, -0.05) is 42.0 Å². The molecule has 4 rings (SSSR count). The SMILES string of the molecule is CCNC(=NCc1cn2ccsc2n1)N1CCC(=Cc2ccccc2)CC1. The van der Waals surface area contributed by atoms with Crippen LogP contribution in [0.25, 0.3) is 11.0 Å². The van der Waals surface area contributed by atoms with Gasteiger partial charge in [-0.2, -0.15) is 0 Å². The summed E-state index contributed by atoms with van der Waals surface area (Å²) in [5.74, 6) is 0.993. The van der Waals surface area contributed by atoms with E-state index in [-0.39, 0.29) is 0 Å². The van der Waals surface area contributed by atoms with Crippen LogP contribution < -0.4 is 5.32 Å². The molecule has 27 heavy (non-hydrogen) atoms. The zero-order chi connectivity index (χ0) is 18.5. The summed E-state index contributed by atoms with van der Waals surface area (Å²) in [4.78, 5) is 12.9. The zero-order valence-electron chi connectivity index (χ0n) is 15.6. The van der Waals surface area contributed by atoms with Crippen molar-refractivity contribution in [1.82, 2.24) is 19.6 Å². The number of aliphatic imine (C=N–C) groups is 1. The summed E-state index contributed by atoms with van der Waals surface area (Å²) in [6.07, 6.45) is 8.60. The summed E-state index contributed by atoms with van der Waals surface area (Å²) in [6, 6.07) is 10.6. The molecule has 0 unspecified atom stereocenters. The average molecular weight is 380 g/mol. The van der Waals surface area contributed by atoms with Crippen LogP contribution in [0.4, 0.5) is 0 Å². The molecule has 1 aromatic carbocycles. The number of thiazole rings is 1. The van der Waals surface area contributed by atoms with E-state index in [2.05, 4.69) is 69.1 Å². The van der Waals surface area contributed by atoms with E-state index in [9.17, 15) is 0 Å². The first-order valence-corrected chi connectivity index (χ1v) is 10.4. The maximum Gasteiger partial charge on any atom is 0.194 e. The first-order valence-electron chi connectivity index (χ1n) is 9.50. The van der Waals surface area contributed by atoms with E-state index in [4.69, 9.17) is 4.99 Å². The Morgan fingerprint density at radius 2 is 2.07 bits per heavy atom. The molecule has 140 valence electrons. The third kappa shape index (κ3) is 4.39. The molecule has 0 aliphatic carbocycles. The van der Waals surface area contributed by atoms with Crippen molar-refractivity contribution in [1.29, 1.82) is 0 Å². The fraction of sp³-hybridized carbons (Fsp3) is 0.333. The van der Waals surface area contributed by atoms with E-state index < -0.39 is 0 Å². The quantitative estimate of drug-likeness (QED) is 0.550. The van der Waals surface area contributed by atoms with Gasteiger partial charge in [0.2, 0.25) is 0 Å². The van der Waals surface area contributed by atoms with Crippen molar-refractivity contribution in [2.45, 2.75) is 26.3 Å². The van der Waals surface area contributed by atoms with Crippen LogP contribution in [0.5, 0.6) is 0 Å². The standard InChI is InChI=1S/C21H25N5S/c1-2-22-20(23-15-19-16-26-12-13-27-21(26)24-19)25-10-8-18(9-11-25)14-17-6-4-3-5-7-17/h3-7,12-14,16H,2,8-11,15H2,1H3,(H,22,23). The van der Waals surface area contributed by atoms with Crippen molar-refractivity contribution in [3.05, 3.63) is 64.9 Å². The number of likely N-dealkylation sites (tertiary alicyclic amines) is 1. The van der Waals surface area contributed by atoms with Gasteiger partial charge >= 0.3 is 0 Å². The Morgan fingerprint density at radius 1 is 1.26 bits per heavy atom. The van der Waals surface area contributed by atoms with E-state index in [1.807, 2.05) is 11.6 Å². The van der Waals surface area contributed by atoms with E-state index >= 15 is 0 Å². The van der Waals surface area contributed by atoms with Crippen molar-refractivity contribution >= 4 is 28.3 Å². The summed E-state index contributed by atoms with van der Waals surface area (Å²) in [5.41, 5.74) is 3.82. The van der Waals surface area contributed by atoms with Gasteiger partial charge in [0.15, 0.2) is 10.9 Å². The molecule has 0 amide bonds. The lowest BCUT2D eigenvalue weighted by atomic mass is 10.0. The number of hydrogen-bond acceptors (Lipinski definition) is 3. The predicted molar refractivity (Wildman–Crippen MR) is 113 cm³/mol. The van der Waals surface area contributed by atoms with Gasteiger partial charge in [-0.15, -0.1) is 11.3 Å². The van der Waals surface area contributed by atoms with Crippen molar-refractivity contribution in [3.8, 4) is 0 Å². The molecule has 1 aliphatic heterocycles. The third-order valence-corrected chi connectivity index (χ3v) is 5.52. The molecule has 1 fully saturated rings. The van der Waals surface area contributed by atoms with E-state index in [1.165, 1.54) is 11.1 Å². The molecule has 0 saturated carbocycles. The van der Waals surface area contributed by atoms with Gasteiger partial charge in [0.05, 0.1) is 12.2 Å². The number of aromatic nitrogens is 2. The fourth-order valence-electron chi connectivity index (χ4n) is 3.37. The number of nitrogens with zero attached hydrogens (tertiary/aromatic N) is 4. The first kappa shape index (κ1) is 17.8. The van der Waals surface area contributed by atoms with Gasteiger partial charge in [0, 0.05) is 37.4 Å². The number of hydrogen-bond donors (Lipinski definition) is 1. The fourth-order valence-corrected chi connectivity index (χ4v) is 4.09. The van der Waals surface area contributed by atoms with Crippen LogP contribution in [0.2, 0.25) is 0 Å². The van der Waals surface area contributed by atoms with Gasteiger partial charge in [-0.05, 0) is 25.3 Å². The molecule has 0 spiro atoms. The Morgan fingerprint density at radius 3 is 2.81 bits per heavy atom. The minimum absolute atomic E-state index is 0.611. The highest BCUT2D eigenvalue weighted by Gasteiger charge is 2.17. The number of benzene rings is 1. The van der Waals surface area contributed by atoms with Gasteiger partial charge in [-0.3, -0.25) is 4.40 Å². The van der Waals surface area contributed by atoms with E-state index in [1.54, 1.807) is 11.3 Å². The second kappa shape index (κ2) is 8.39. The molecule has 1 aliphatic rings. The molecule has 0 bridgehead atoms. The average Bonchev–Trinajstić information content (AvgIpc) is 3.28. The number of imidazole rings is 1. The molecule has 5 nitrogen and oxygen atoms in total. The largest absolute Gasteiger partial charge is 0.357 e. The molecule has 3 aromatic rings. The maximum atomic E-state index is 4.83. The van der Waals surface area contributed by atoms with Crippen molar-refractivity contribution in [3.63, 3.8) is 0 Å². The van der Waals surface area contributed by atoms with Crippen LogP contribution in [0.3, 0.4) is 0 Å². The molecular weight excluding hydrogens is 354 g/mol. The Hall–Kier alpha value is -2.60. The normalized spacial score (nSPS) is 15.4. The Labute approximate surface area is 164 Å². The smallest absolute Gasteiger partial charge is 0.194 e. The molecule has 2 aromatic heterocycles.